The van der Waals surface area contributed by atoms with E-state index in [0.29, 0.717) is 13.1 Å². The second-order valence-corrected chi connectivity index (χ2v) is 3.97. The maximum Gasteiger partial charge on any atom is 0.318 e. The minimum Gasteiger partial charge on any atom is -0.336 e. The summed E-state index contributed by atoms with van der Waals surface area (Å²) in [5, 5.41) is 10.6. The van der Waals surface area contributed by atoms with E-state index in [0.717, 1.165) is 12.4 Å². The summed E-state index contributed by atoms with van der Waals surface area (Å²) < 4.78 is 1.97. The van der Waals surface area contributed by atoms with E-state index in [2.05, 4.69) is 15.5 Å². The molecule has 1 aromatic heterocycles. The van der Waals surface area contributed by atoms with Crippen LogP contribution in [0.25, 0.3) is 0 Å². The highest BCUT2D eigenvalue weighted by atomic mass is 16.2. The molecule has 15 heavy (non-hydrogen) atoms. The van der Waals surface area contributed by atoms with Crippen LogP contribution in [0, 0.1) is 0 Å². The molecule has 2 heterocycles. The number of fused-ring (bicyclic) bond motifs is 1. The largest absolute Gasteiger partial charge is 0.336 e. The lowest BCUT2D eigenvalue weighted by Gasteiger charge is -2.27. The third-order valence-electron chi connectivity index (χ3n) is 2.34. The average Bonchev–Trinajstić information content (AvgIpc) is 2.62. The fourth-order valence-electron chi connectivity index (χ4n) is 1.58. The molecule has 0 atom stereocenters. The number of hydrogen-bond acceptors (Lipinski definition) is 3. The smallest absolute Gasteiger partial charge is 0.318 e. The fraction of sp³-hybridized carbons (Fsp3) is 0.667. The lowest BCUT2D eigenvalue weighted by Crippen LogP contribution is -2.46. The van der Waals surface area contributed by atoms with Gasteiger partial charge in [-0.05, 0) is 13.8 Å². The molecule has 2 rings (SSSR count). The summed E-state index contributed by atoms with van der Waals surface area (Å²) in [6, 6.07) is 0.136. The first kappa shape index (κ1) is 9.95. The van der Waals surface area contributed by atoms with Crippen molar-refractivity contribution in [2.24, 2.45) is 0 Å². The Bertz CT molecular complexity index is 359. The zero-order chi connectivity index (χ0) is 10.8. The van der Waals surface area contributed by atoms with E-state index in [9.17, 15) is 4.79 Å². The number of nitrogens with one attached hydrogen (secondary N) is 1. The van der Waals surface area contributed by atoms with Gasteiger partial charge in [-0.2, -0.15) is 0 Å². The topological polar surface area (TPSA) is 63.1 Å². The van der Waals surface area contributed by atoms with Crippen LogP contribution in [0.1, 0.15) is 19.7 Å². The van der Waals surface area contributed by atoms with Gasteiger partial charge in [-0.1, -0.05) is 0 Å². The van der Waals surface area contributed by atoms with Crippen molar-refractivity contribution < 1.29 is 4.79 Å². The number of carbonyl (C=O) groups is 1. The van der Waals surface area contributed by atoms with Gasteiger partial charge < -0.3 is 14.8 Å². The Morgan fingerprint density at radius 1 is 1.53 bits per heavy atom. The number of rotatable bonds is 1. The Hall–Kier alpha value is -1.59. The zero-order valence-electron chi connectivity index (χ0n) is 8.97. The van der Waals surface area contributed by atoms with Crippen LogP contribution in [-0.2, 0) is 13.1 Å². The van der Waals surface area contributed by atoms with E-state index >= 15 is 0 Å². The summed E-state index contributed by atoms with van der Waals surface area (Å²) in [5.74, 6) is 0.847. The molecule has 0 radical (unpaired) electrons. The molecule has 82 valence electrons. The highest BCUT2D eigenvalue weighted by molar-refractivity contribution is 5.74. The molecular formula is C9H15N5O. The van der Waals surface area contributed by atoms with Crippen LogP contribution in [0.3, 0.4) is 0 Å². The van der Waals surface area contributed by atoms with Crippen LogP contribution in [-0.4, -0.2) is 38.3 Å². The Balaban J connectivity index is 2.00. The molecule has 0 bridgehead atoms. The van der Waals surface area contributed by atoms with Gasteiger partial charge >= 0.3 is 6.03 Å². The number of urea groups is 1. The van der Waals surface area contributed by atoms with Gasteiger partial charge in [0.2, 0.25) is 0 Å². The summed E-state index contributed by atoms with van der Waals surface area (Å²) in [4.78, 5) is 13.5. The van der Waals surface area contributed by atoms with Gasteiger partial charge in [0.15, 0.2) is 5.82 Å². The first-order valence-corrected chi connectivity index (χ1v) is 5.09. The van der Waals surface area contributed by atoms with Crippen LogP contribution in [0.15, 0.2) is 6.33 Å². The van der Waals surface area contributed by atoms with E-state index in [4.69, 9.17) is 0 Å². The standard InChI is InChI=1S/C9H15N5O/c1-7(2)11-9(15)13-3-4-14-6-10-12-8(14)5-13/h6-7H,3-5H2,1-2H3,(H,11,15). The second-order valence-electron chi connectivity index (χ2n) is 3.97. The molecule has 0 saturated carbocycles. The van der Waals surface area contributed by atoms with E-state index in [1.54, 1.807) is 11.2 Å². The molecule has 0 saturated heterocycles. The summed E-state index contributed by atoms with van der Waals surface area (Å²) in [6.45, 7) is 5.92. The summed E-state index contributed by atoms with van der Waals surface area (Å²) in [6.07, 6.45) is 1.70. The third-order valence-corrected chi connectivity index (χ3v) is 2.34. The quantitative estimate of drug-likeness (QED) is 0.719. The highest BCUT2D eigenvalue weighted by Crippen LogP contribution is 2.08. The molecule has 0 aliphatic carbocycles. The highest BCUT2D eigenvalue weighted by Gasteiger charge is 2.21. The minimum atomic E-state index is -0.0285. The van der Waals surface area contributed by atoms with Crippen molar-refractivity contribution in [3.63, 3.8) is 0 Å². The second kappa shape index (κ2) is 3.88. The SMILES string of the molecule is CC(C)NC(=O)N1CCn2cnnc2C1. The van der Waals surface area contributed by atoms with Crippen LogP contribution >= 0.6 is 0 Å². The number of hydrogen-bond donors (Lipinski definition) is 1. The molecule has 6 heteroatoms. The van der Waals surface area contributed by atoms with Crippen molar-refractivity contribution in [1.82, 2.24) is 25.0 Å². The van der Waals surface area contributed by atoms with Gasteiger partial charge in [-0.25, -0.2) is 4.79 Å². The van der Waals surface area contributed by atoms with Gasteiger partial charge in [0.1, 0.15) is 6.33 Å². The Morgan fingerprint density at radius 2 is 2.33 bits per heavy atom. The van der Waals surface area contributed by atoms with Crippen LogP contribution in [0.4, 0.5) is 4.79 Å². The van der Waals surface area contributed by atoms with Gasteiger partial charge in [0.25, 0.3) is 0 Å². The van der Waals surface area contributed by atoms with Crippen LogP contribution in [0.2, 0.25) is 0 Å². The Labute approximate surface area is 88.3 Å². The van der Waals surface area contributed by atoms with Gasteiger partial charge in [-0.15, -0.1) is 10.2 Å². The molecule has 0 unspecified atom stereocenters. The monoisotopic (exact) mass is 209 g/mol. The zero-order valence-corrected chi connectivity index (χ0v) is 8.97. The number of aromatic nitrogens is 3. The summed E-state index contributed by atoms with van der Waals surface area (Å²) >= 11 is 0. The van der Waals surface area contributed by atoms with E-state index < -0.39 is 0 Å². The first-order chi connectivity index (χ1) is 7.16. The number of amides is 2. The van der Waals surface area contributed by atoms with Gasteiger partial charge in [0, 0.05) is 19.1 Å². The van der Waals surface area contributed by atoms with Crippen LogP contribution in [0.5, 0.6) is 0 Å². The fourth-order valence-corrected chi connectivity index (χ4v) is 1.58. The molecule has 1 aromatic rings. The number of nitrogens with zero attached hydrogens (tertiary/aromatic N) is 4. The summed E-state index contributed by atoms with van der Waals surface area (Å²) in [5.41, 5.74) is 0. The predicted molar refractivity (Wildman–Crippen MR) is 54.1 cm³/mol. The maximum atomic E-state index is 11.7. The molecule has 6 nitrogen and oxygen atoms in total. The molecule has 0 fully saturated rings. The van der Waals surface area contributed by atoms with E-state index in [-0.39, 0.29) is 12.1 Å². The predicted octanol–water partition coefficient (Wildman–Crippen LogP) is 0.212. The molecule has 0 spiro atoms. The van der Waals surface area contributed by atoms with Gasteiger partial charge in [-0.3, -0.25) is 0 Å². The van der Waals surface area contributed by atoms with Crippen molar-refractivity contribution in [3.05, 3.63) is 12.2 Å². The Morgan fingerprint density at radius 3 is 3.07 bits per heavy atom. The molecule has 1 aliphatic heterocycles. The molecule has 0 aromatic carbocycles. The van der Waals surface area contributed by atoms with Gasteiger partial charge in [0.05, 0.1) is 6.54 Å². The van der Waals surface area contributed by atoms with Crippen molar-refractivity contribution >= 4 is 6.03 Å². The molecule has 2 amide bonds. The first-order valence-electron chi connectivity index (χ1n) is 5.09. The number of carbonyl (C=O) groups excluding carboxylic acids is 1. The van der Waals surface area contributed by atoms with E-state index in [1.165, 1.54) is 0 Å². The van der Waals surface area contributed by atoms with Crippen molar-refractivity contribution in [3.8, 4) is 0 Å². The molecular weight excluding hydrogens is 194 g/mol. The van der Waals surface area contributed by atoms with Crippen LogP contribution < -0.4 is 5.32 Å². The minimum absolute atomic E-state index is 0.0285. The lowest BCUT2D eigenvalue weighted by molar-refractivity contribution is 0.179. The molecule has 1 aliphatic rings. The maximum absolute atomic E-state index is 11.7. The normalized spacial score (nSPS) is 15.3. The van der Waals surface area contributed by atoms with Crippen molar-refractivity contribution in [2.45, 2.75) is 33.0 Å². The third kappa shape index (κ3) is 2.08. The van der Waals surface area contributed by atoms with E-state index in [1.807, 2.05) is 18.4 Å². The average molecular weight is 209 g/mol. The lowest BCUT2D eigenvalue weighted by atomic mass is 10.3. The summed E-state index contributed by atoms with van der Waals surface area (Å²) in [7, 11) is 0. The Kier molecular flexibility index (Phi) is 2.57. The van der Waals surface area contributed by atoms with Crippen molar-refractivity contribution in [2.75, 3.05) is 6.54 Å². The molecule has 1 N–H and O–H groups in total. The van der Waals surface area contributed by atoms with Crippen molar-refractivity contribution in [1.29, 1.82) is 0 Å².